The number of amides is 1. The first-order chi connectivity index (χ1) is 8.48. The maximum Gasteiger partial charge on any atom is 0.426 e. The second kappa shape index (κ2) is 4.81. The highest BCUT2D eigenvalue weighted by atomic mass is 32.1. The first-order valence-electron chi connectivity index (χ1n) is 4.99. The lowest BCUT2D eigenvalue weighted by Gasteiger charge is -2.08. The lowest BCUT2D eigenvalue weighted by Crippen LogP contribution is -2.16. The molecule has 0 aliphatic heterocycles. The lowest BCUT2D eigenvalue weighted by molar-refractivity contribution is -0.134. The molecule has 0 atom stereocenters. The molecule has 0 unspecified atom stereocenters. The molecule has 94 valence electrons. The van der Waals surface area contributed by atoms with Crippen LogP contribution in [0.25, 0.3) is 0 Å². The maximum absolute atomic E-state index is 12.6. The van der Waals surface area contributed by atoms with Crippen molar-refractivity contribution in [1.29, 1.82) is 0 Å². The van der Waals surface area contributed by atoms with Crippen molar-refractivity contribution >= 4 is 22.9 Å². The predicted molar refractivity (Wildman–Crippen MR) is 63.7 cm³/mol. The number of anilines is 1. The maximum atomic E-state index is 12.6. The molecular weight excluding hydrogens is 263 g/mol. The van der Waals surface area contributed by atoms with Gasteiger partial charge in [-0.15, -0.1) is 11.3 Å². The predicted octanol–water partition coefficient (Wildman–Crippen LogP) is 4.02. The summed E-state index contributed by atoms with van der Waals surface area (Å²) in [5.41, 5.74) is 0.109. The molecule has 0 saturated carbocycles. The Balaban J connectivity index is 2.23. The number of carbonyl (C=O) groups is 1. The van der Waals surface area contributed by atoms with E-state index in [-0.39, 0.29) is 5.56 Å². The van der Waals surface area contributed by atoms with E-state index in [2.05, 4.69) is 5.32 Å². The number of rotatable bonds is 2. The van der Waals surface area contributed by atoms with Gasteiger partial charge in [-0.3, -0.25) is 4.79 Å². The minimum Gasteiger partial charge on any atom is -0.322 e. The Morgan fingerprint density at radius 1 is 1.11 bits per heavy atom. The van der Waals surface area contributed by atoms with Gasteiger partial charge in [-0.05, 0) is 23.6 Å². The van der Waals surface area contributed by atoms with Crippen LogP contribution in [0.15, 0.2) is 41.8 Å². The third kappa shape index (κ3) is 2.70. The second-order valence-electron chi connectivity index (χ2n) is 3.48. The Morgan fingerprint density at radius 3 is 2.39 bits per heavy atom. The number of alkyl halides is 3. The van der Waals surface area contributed by atoms with Gasteiger partial charge in [0.2, 0.25) is 0 Å². The summed E-state index contributed by atoms with van der Waals surface area (Å²) in [5.74, 6) is -0.755. The van der Waals surface area contributed by atoms with E-state index in [9.17, 15) is 18.0 Å². The Labute approximate surface area is 105 Å². The molecule has 2 aromatic rings. The summed E-state index contributed by atoms with van der Waals surface area (Å²) in [7, 11) is 0. The van der Waals surface area contributed by atoms with Gasteiger partial charge in [0.1, 0.15) is 4.88 Å². The third-order valence-corrected chi connectivity index (χ3v) is 3.16. The average molecular weight is 271 g/mol. The van der Waals surface area contributed by atoms with Crippen molar-refractivity contribution in [2.24, 2.45) is 0 Å². The zero-order valence-electron chi connectivity index (χ0n) is 8.99. The highest BCUT2D eigenvalue weighted by Crippen LogP contribution is 2.36. The van der Waals surface area contributed by atoms with Gasteiger partial charge in [0, 0.05) is 5.69 Å². The van der Waals surface area contributed by atoms with E-state index in [1.54, 1.807) is 30.3 Å². The zero-order chi connectivity index (χ0) is 13.2. The van der Waals surface area contributed by atoms with Crippen molar-refractivity contribution in [1.82, 2.24) is 0 Å². The van der Waals surface area contributed by atoms with Crippen molar-refractivity contribution in [2.75, 3.05) is 5.32 Å². The minimum absolute atomic E-state index is 0.351. The smallest absolute Gasteiger partial charge is 0.322 e. The molecule has 1 aromatic heterocycles. The zero-order valence-corrected chi connectivity index (χ0v) is 9.81. The van der Waals surface area contributed by atoms with E-state index in [1.807, 2.05) is 0 Å². The van der Waals surface area contributed by atoms with Crippen LogP contribution in [0.1, 0.15) is 15.2 Å². The molecule has 2 nitrogen and oxygen atoms in total. The number of hydrogen-bond donors (Lipinski definition) is 1. The van der Waals surface area contributed by atoms with Gasteiger partial charge in [0.15, 0.2) is 0 Å². The van der Waals surface area contributed by atoms with Crippen LogP contribution in [0.3, 0.4) is 0 Å². The molecule has 1 aromatic carbocycles. The fourth-order valence-electron chi connectivity index (χ4n) is 1.43. The van der Waals surface area contributed by atoms with E-state index in [0.717, 1.165) is 0 Å². The molecule has 18 heavy (non-hydrogen) atoms. The van der Waals surface area contributed by atoms with Crippen LogP contribution in [0.2, 0.25) is 0 Å². The van der Waals surface area contributed by atoms with Crippen molar-refractivity contribution < 1.29 is 18.0 Å². The molecule has 0 fully saturated rings. The molecule has 1 heterocycles. The molecule has 0 aliphatic rings. The van der Waals surface area contributed by atoms with E-state index in [1.165, 1.54) is 11.4 Å². The molecule has 0 spiro atoms. The average Bonchev–Trinajstić information content (AvgIpc) is 2.79. The van der Waals surface area contributed by atoms with Crippen LogP contribution in [-0.4, -0.2) is 5.91 Å². The van der Waals surface area contributed by atoms with E-state index >= 15 is 0 Å². The summed E-state index contributed by atoms with van der Waals surface area (Å²) in [5, 5.41) is 3.68. The number of halogens is 3. The first-order valence-corrected chi connectivity index (χ1v) is 5.87. The quantitative estimate of drug-likeness (QED) is 0.878. The van der Waals surface area contributed by atoms with Crippen LogP contribution in [0.5, 0.6) is 0 Å². The van der Waals surface area contributed by atoms with E-state index in [0.29, 0.717) is 17.0 Å². The van der Waals surface area contributed by atoms with Crippen molar-refractivity contribution in [3.05, 3.63) is 52.2 Å². The summed E-state index contributed by atoms with van der Waals surface area (Å²) in [6, 6.07) is 9.52. The topological polar surface area (TPSA) is 29.1 Å². The van der Waals surface area contributed by atoms with E-state index < -0.39 is 17.0 Å². The molecule has 0 saturated heterocycles. The van der Waals surface area contributed by atoms with Crippen LogP contribution in [-0.2, 0) is 6.18 Å². The van der Waals surface area contributed by atoms with Gasteiger partial charge < -0.3 is 5.32 Å². The van der Waals surface area contributed by atoms with Gasteiger partial charge in [0.05, 0.1) is 5.56 Å². The second-order valence-corrected chi connectivity index (χ2v) is 4.40. The van der Waals surface area contributed by atoms with Gasteiger partial charge in [-0.25, -0.2) is 0 Å². The summed E-state index contributed by atoms with van der Waals surface area (Å²) < 4.78 is 37.8. The monoisotopic (exact) mass is 271 g/mol. The van der Waals surface area contributed by atoms with Crippen molar-refractivity contribution in [3.8, 4) is 0 Å². The Hall–Kier alpha value is -1.82. The van der Waals surface area contributed by atoms with Crippen LogP contribution < -0.4 is 5.32 Å². The fourth-order valence-corrected chi connectivity index (χ4v) is 2.19. The van der Waals surface area contributed by atoms with Crippen LogP contribution >= 0.6 is 11.3 Å². The van der Waals surface area contributed by atoms with Gasteiger partial charge >= 0.3 is 6.18 Å². The van der Waals surface area contributed by atoms with Crippen molar-refractivity contribution in [3.63, 3.8) is 0 Å². The molecule has 6 heteroatoms. The highest BCUT2D eigenvalue weighted by molar-refractivity contribution is 7.10. The standard InChI is InChI=1S/C12H8F3NOS/c13-12(14,15)10-9(6-7-18-10)11(17)16-8-4-2-1-3-5-8/h1-7H,(H,16,17). The van der Waals surface area contributed by atoms with Gasteiger partial charge in [-0.2, -0.15) is 13.2 Å². The normalized spacial score (nSPS) is 11.3. The summed E-state index contributed by atoms with van der Waals surface area (Å²) in [6.45, 7) is 0. The molecule has 2 rings (SSSR count). The molecule has 1 N–H and O–H groups in total. The summed E-state index contributed by atoms with van der Waals surface area (Å²) in [6.07, 6.45) is -4.50. The third-order valence-electron chi connectivity index (χ3n) is 2.20. The molecular formula is C12H8F3NOS. The number of nitrogens with one attached hydrogen (secondary N) is 1. The van der Waals surface area contributed by atoms with Crippen LogP contribution in [0, 0.1) is 0 Å². The minimum atomic E-state index is -4.50. The lowest BCUT2D eigenvalue weighted by atomic mass is 10.2. The fraction of sp³-hybridized carbons (Fsp3) is 0.0833. The summed E-state index contributed by atoms with van der Waals surface area (Å²) >= 11 is 0.510. The number of carbonyl (C=O) groups excluding carboxylic acids is 1. The highest BCUT2D eigenvalue weighted by Gasteiger charge is 2.36. The largest absolute Gasteiger partial charge is 0.426 e. The first kappa shape index (κ1) is 12.6. The number of benzene rings is 1. The number of thiophene rings is 1. The molecule has 0 bridgehead atoms. The van der Waals surface area contributed by atoms with Crippen molar-refractivity contribution in [2.45, 2.75) is 6.18 Å². The Kier molecular flexibility index (Phi) is 3.38. The SMILES string of the molecule is O=C(Nc1ccccc1)c1ccsc1C(F)(F)F. The number of hydrogen-bond acceptors (Lipinski definition) is 2. The Morgan fingerprint density at radius 2 is 1.78 bits per heavy atom. The van der Waals surface area contributed by atoms with Gasteiger partial charge in [-0.1, -0.05) is 18.2 Å². The van der Waals surface area contributed by atoms with Gasteiger partial charge in [0.25, 0.3) is 5.91 Å². The molecule has 0 radical (unpaired) electrons. The molecule has 0 aliphatic carbocycles. The Bertz CT molecular complexity index is 548. The summed E-state index contributed by atoms with van der Waals surface area (Å²) in [4.78, 5) is 10.9. The number of para-hydroxylation sites is 1. The van der Waals surface area contributed by atoms with E-state index in [4.69, 9.17) is 0 Å². The van der Waals surface area contributed by atoms with Crippen LogP contribution in [0.4, 0.5) is 18.9 Å². The molecule has 1 amide bonds.